The number of para-hydroxylation sites is 1. The zero-order valence-electron chi connectivity index (χ0n) is 12.3. The van der Waals surface area contributed by atoms with Crippen LogP contribution in [0.15, 0.2) is 24.3 Å². The lowest BCUT2D eigenvalue weighted by Gasteiger charge is -2.24. The number of carbonyl (C=O) groups is 1. The fraction of sp³-hybridized carbons (Fsp3) is 0.562. The summed E-state index contributed by atoms with van der Waals surface area (Å²) in [6.45, 7) is 7.19. The Bertz CT molecular complexity index is 479. The van der Waals surface area contributed by atoms with Gasteiger partial charge in [-0.2, -0.15) is 0 Å². The van der Waals surface area contributed by atoms with Gasteiger partial charge in [0.1, 0.15) is 0 Å². The van der Waals surface area contributed by atoms with Gasteiger partial charge in [-0.1, -0.05) is 39.0 Å². The molecule has 1 aliphatic rings. The van der Waals surface area contributed by atoms with Crippen LogP contribution >= 0.6 is 0 Å². The highest BCUT2D eigenvalue weighted by molar-refractivity contribution is 5.72. The fourth-order valence-electron chi connectivity index (χ4n) is 2.55. The van der Waals surface area contributed by atoms with E-state index in [1.807, 2.05) is 12.1 Å². The van der Waals surface area contributed by atoms with Crippen LogP contribution < -0.4 is 5.32 Å². The van der Waals surface area contributed by atoms with E-state index in [-0.39, 0.29) is 11.5 Å². The minimum absolute atomic E-state index is 0.0240. The second-order valence-corrected chi connectivity index (χ2v) is 6.34. The number of rotatable bonds is 4. The van der Waals surface area contributed by atoms with Crippen molar-refractivity contribution in [2.24, 2.45) is 0 Å². The van der Waals surface area contributed by atoms with Gasteiger partial charge < -0.3 is 15.2 Å². The largest absolute Gasteiger partial charge is 0.479 e. The van der Waals surface area contributed by atoms with Gasteiger partial charge in [-0.05, 0) is 29.9 Å². The molecule has 1 fully saturated rings. The minimum Gasteiger partial charge on any atom is -0.479 e. The first-order chi connectivity index (χ1) is 9.38. The van der Waals surface area contributed by atoms with Gasteiger partial charge in [0.05, 0.1) is 6.10 Å². The molecule has 0 radical (unpaired) electrons. The zero-order chi connectivity index (χ0) is 14.8. The number of carboxylic acids is 1. The highest BCUT2D eigenvalue weighted by Crippen LogP contribution is 2.29. The van der Waals surface area contributed by atoms with E-state index in [0.29, 0.717) is 13.0 Å². The van der Waals surface area contributed by atoms with Crippen LogP contribution in [0.25, 0.3) is 0 Å². The van der Waals surface area contributed by atoms with Crippen LogP contribution in [0.4, 0.5) is 5.69 Å². The molecule has 0 bridgehead atoms. The number of hydrogen-bond donors (Lipinski definition) is 2. The Morgan fingerprint density at radius 1 is 1.35 bits per heavy atom. The molecule has 1 aromatic carbocycles. The van der Waals surface area contributed by atoms with Crippen LogP contribution in [0, 0.1) is 0 Å². The topological polar surface area (TPSA) is 58.6 Å². The Morgan fingerprint density at radius 3 is 2.65 bits per heavy atom. The smallest absolute Gasteiger partial charge is 0.332 e. The molecule has 2 rings (SSSR count). The summed E-state index contributed by atoms with van der Waals surface area (Å²) in [6, 6.07) is 8.23. The summed E-state index contributed by atoms with van der Waals surface area (Å²) in [5.41, 5.74) is 2.43. The molecule has 0 amide bonds. The third-order valence-electron chi connectivity index (χ3n) is 3.64. The van der Waals surface area contributed by atoms with Crippen LogP contribution in [0.5, 0.6) is 0 Å². The average molecular weight is 277 g/mol. The molecular weight excluding hydrogens is 254 g/mol. The number of nitrogens with one attached hydrogen (secondary N) is 1. The van der Waals surface area contributed by atoms with Crippen LogP contribution in [0.3, 0.4) is 0 Å². The van der Waals surface area contributed by atoms with Crippen molar-refractivity contribution in [2.75, 3.05) is 11.9 Å². The van der Waals surface area contributed by atoms with Gasteiger partial charge in [-0.3, -0.25) is 0 Å². The summed E-state index contributed by atoms with van der Waals surface area (Å²) < 4.78 is 5.51. The fourth-order valence-corrected chi connectivity index (χ4v) is 2.55. The molecule has 2 unspecified atom stereocenters. The normalized spacial score (nSPS) is 22.8. The third-order valence-corrected chi connectivity index (χ3v) is 3.64. The number of ether oxygens (including phenoxy) is 1. The molecule has 0 aliphatic carbocycles. The molecule has 4 heteroatoms. The minimum atomic E-state index is -0.859. The summed E-state index contributed by atoms with van der Waals surface area (Å²) >= 11 is 0. The van der Waals surface area contributed by atoms with Gasteiger partial charge in [0.25, 0.3) is 0 Å². The SMILES string of the molecule is CC(C)(C)c1ccccc1NCC1CCC(C(=O)O)O1. The standard InChI is InChI=1S/C16H23NO3/c1-16(2,3)12-6-4-5-7-13(12)17-10-11-8-9-14(20-11)15(18)19/h4-7,11,14,17H,8-10H2,1-3H3,(H,18,19). The lowest BCUT2D eigenvalue weighted by molar-refractivity contribution is -0.149. The molecule has 0 saturated carbocycles. The second kappa shape index (κ2) is 5.83. The van der Waals surface area contributed by atoms with Gasteiger partial charge in [-0.15, -0.1) is 0 Å². The van der Waals surface area contributed by atoms with Crippen LogP contribution in [0.1, 0.15) is 39.2 Å². The molecule has 0 aromatic heterocycles. The maximum atomic E-state index is 10.9. The van der Waals surface area contributed by atoms with Gasteiger partial charge in [0.2, 0.25) is 0 Å². The van der Waals surface area contributed by atoms with Gasteiger partial charge in [0, 0.05) is 12.2 Å². The Labute approximate surface area is 120 Å². The molecule has 2 N–H and O–H groups in total. The maximum absolute atomic E-state index is 10.9. The zero-order valence-corrected chi connectivity index (χ0v) is 12.3. The first-order valence-corrected chi connectivity index (χ1v) is 7.09. The number of carboxylic acid groups (broad SMARTS) is 1. The van der Waals surface area contributed by atoms with Crippen molar-refractivity contribution in [1.82, 2.24) is 0 Å². The van der Waals surface area contributed by atoms with Gasteiger partial charge in [0.15, 0.2) is 6.10 Å². The lowest BCUT2D eigenvalue weighted by Crippen LogP contribution is -2.25. The van der Waals surface area contributed by atoms with E-state index in [2.05, 4.69) is 38.2 Å². The molecule has 1 aliphatic heterocycles. The van der Waals surface area contributed by atoms with E-state index in [1.54, 1.807) is 0 Å². The molecule has 1 aromatic rings. The molecule has 0 spiro atoms. The van der Waals surface area contributed by atoms with E-state index in [9.17, 15) is 4.79 Å². The number of hydrogen-bond acceptors (Lipinski definition) is 3. The molecule has 110 valence electrons. The molecule has 20 heavy (non-hydrogen) atoms. The predicted octanol–water partition coefficient (Wildman–Crippen LogP) is 3.03. The summed E-state index contributed by atoms with van der Waals surface area (Å²) in [6.07, 6.45) is 0.730. The highest BCUT2D eigenvalue weighted by Gasteiger charge is 2.30. The Morgan fingerprint density at radius 2 is 2.05 bits per heavy atom. The molecule has 1 heterocycles. The third kappa shape index (κ3) is 3.51. The van der Waals surface area contributed by atoms with Gasteiger partial charge in [-0.25, -0.2) is 4.79 Å². The predicted molar refractivity (Wildman–Crippen MR) is 79.2 cm³/mol. The van der Waals surface area contributed by atoms with Crippen LogP contribution in [0.2, 0.25) is 0 Å². The van der Waals surface area contributed by atoms with Crippen molar-refractivity contribution in [3.8, 4) is 0 Å². The average Bonchev–Trinajstić information content (AvgIpc) is 2.84. The van der Waals surface area contributed by atoms with E-state index in [0.717, 1.165) is 12.1 Å². The first kappa shape index (κ1) is 14.9. The summed E-state index contributed by atoms with van der Waals surface area (Å²) in [5, 5.41) is 12.3. The monoisotopic (exact) mass is 277 g/mol. The Kier molecular flexibility index (Phi) is 4.33. The van der Waals surface area contributed by atoms with E-state index in [4.69, 9.17) is 9.84 Å². The van der Waals surface area contributed by atoms with Crippen molar-refractivity contribution in [1.29, 1.82) is 0 Å². The Hall–Kier alpha value is -1.55. The van der Waals surface area contributed by atoms with Crippen molar-refractivity contribution < 1.29 is 14.6 Å². The molecule has 2 atom stereocenters. The maximum Gasteiger partial charge on any atom is 0.332 e. The van der Waals surface area contributed by atoms with E-state index < -0.39 is 12.1 Å². The summed E-state index contributed by atoms with van der Waals surface area (Å²) in [4.78, 5) is 10.9. The summed E-state index contributed by atoms with van der Waals surface area (Å²) in [5.74, 6) is -0.859. The second-order valence-electron chi connectivity index (χ2n) is 6.34. The molecule has 1 saturated heterocycles. The van der Waals surface area contributed by atoms with Gasteiger partial charge >= 0.3 is 5.97 Å². The van der Waals surface area contributed by atoms with Crippen molar-refractivity contribution in [3.63, 3.8) is 0 Å². The summed E-state index contributed by atoms with van der Waals surface area (Å²) in [7, 11) is 0. The molecular formula is C16H23NO3. The van der Waals surface area contributed by atoms with E-state index in [1.165, 1.54) is 5.56 Å². The van der Waals surface area contributed by atoms with Crippen LogP contribution in [-0.4, -0.2) is 29.8 Å². The lowest BCUT2D eigenvalue weighted by atomic mass is 9.86. The van der Waals surface area contributed by atoms with Crippen molar-refractivity contribution in [3.05, 3.63) is 29.8 Å². The van der Waals surface area contributed by atoms with E-state index >= 15 is 0 Å². The number of aliphatic carboxylic acids is 1. The highest BCUT2D eigenvalue weighted by atomic mass is 16.5. The quantitative estimate of drug-likeness (QED) is 0.888. The van der Waals surface area contributed by atoms with Crippen molar-refractivity contribution in [2.45, 2.75) is 51.2 Å². The Balaban J connectivity index is 1.97. The number of anilines is 1. The number of benzene rings is 1. The molecule has 4 nitrogen and oxygen atoms in total. The van der Waals surface area contributed by atoms with Crippen molar-refractivity contribution >= 4 is 11.7 Å². The first-order valence-electron chi connectivity index (χ1n) is 7.09. The van der Waals surface area contributed by atoms with Crippen LogP contribution in [-0.2, 0) is 14.9 Å².